The Morgan fingerprint density at radius 3 is 2.34 bits per heavy atom. The molecule has 6 atom stereocenters. The van der Waals surface area contributed by atoms with Crippen LogP contribution in [0.3, 0.4) is 0 Å². The van der Waals surface area contributed by atoms with Crippen LogP contribution >= 0.6 is 17.0 Å². The monoisotopic (exact) mass is 467 g/mol. The van der Waals surface area contributed by atoms with Crippen LogP contribution in [-0.4, -0.2) is 60.9 Å². The maximum atomic E-state index is 13.0. The Labute approximate surface area is 182 Å². The number of ether oxygens (including phenoxy) is 3. The molecule has 3 aliphatic rings. The van der Waals surface area contributed by atoms with Gasteiger partial charge in [0.15, 0.2) is 0 Å². The third kappa shape index (κ3) is 4.84. The van der Waals surface area contributed by atoms with Gasteiger partial charge in [-0.3, -0.25) is 14.5 Å². The fraction of sp³-hybridized carbons (Fsp3) is 0.636. The van der Waals surface area contributed by atoms with E-state index in [2.05, 4.69) is 11.9 Å². The molecule has 160 valence electrons. The number of piperidine rings is 1. The van der Waals surface area contributed by atoms with Gasteiger partial charge in [0.25, 0.3) is 0 Å². The summed E-state index contributed by atoms with van der Waals surface area (Å²) in [5.41, 5.74) is 0.812. The number of rotatable bonds is 7. The molecule has 3 fully saturated rings. The van der Waals surface area contributed by atoms with Crippen molar-refractivity contribution in [3.63, 3.8) is 0 Å². The number of fused-ring (bicyclic) bond motifs is 5. The van der Waals surface area contributed by atoms with E-state index in [1.807, 2.05) is 44.2 Å². The van der Waals surface area contributed by atoms with Crippen LogP contribution in [0.5, 0.6) is 0 Å². The Kier molecular flexibility index (Phi) is 7.02. The molecule has 4 rings (SSSR count). The van der Waals surface area contributed by atoms with Crippen molar-refractivity contribution in [2.24, 2.45) is 5.92 Å². The van der Waals surface area contributed by atoms with Crippen molar-refractivity contribution in [3.8, 4) is 0 Å². The zero-order valence-corrected chi connectivity index (χ0v) is 18.9. The van der Waals surface area contributed by atoms with Crippen molar-refractivity contribution in [1.29, 1.82) is 0 Å². The third-order valence-corrected chi connectivity index (χ3v) is 6.13. The third-order valence-electron chi connectivity index (χ3n) is 6.13. The summed E-state index contributed by atoms with van der Waals surface area (Å²) in [6.45, 7) is 3.95. The van der Waals surface area contributed by atoms with Crippen LogP contribution in [0.1, 0.15) is 44.6 Å². The maximum Gasteiger partial charge on any atom is 0.317 e. The van der Waals surface area contributed by atoms with Gasteiger partial charge in [-0.1, -0.05) is 44.2 Å². The molecule has 0 spiro atoms. The van der Waals surface area contributed by atoms with Gasteiger partial charge in [-0.25, -0.2) is 0 Å². The van der Waals surface area contributed by atoms with Crippen LogP contribution in [-0.2, 0) is 23.8 Å². The number of carbonyl (C=O) groups is 2. The molecule has 0 radical (unpaired) electrons. The number of epoxide rings is 1. The Balaban J connectivity index is 0.00000240. The maximum absolute atomic E-state index is 13.0. The van der Waals surface area contributed by atoms with Crippen LogP contribution in [0.15, 0.2) is 30.3 Å². The first-order valence-corrected chi connectivity index (χ1v) is 10.2. The van der Waals surface area contributed by atoms with Crippen molar-refractivity contribution in [1.82, 2.24) is 4.90 Å². The Morgan fingerprint density at radius 2 is 1.76 bits per heavy atom. The highest BCUT2D eigenvalue weighted by molar-refractivity contribution is 8.93. The molecule has 1 aromatic carbocycles. The summed E-state index contributed by atoms with van der Waals surface area (Å²) in [5.74, 6) is -0.969. The van der Waals surface area contributed by atoms with Crippen LogP contribution < -0.4 is 0 Å². The van der Waals surface area contributed by atoms with Gasteiger partial charge < -0.3 is 14.2 Å². The fourth-order valence-electron chi connectivity index (χ4n) is 4.60. The van der Waals surface area contributed by atoms with Crippen LogP contribution in [0, 0.1) is 5.92 Å². The summed E-state index contributed by atoms with van der Waals surface area (Å²) >= 11 is 0. The molecule has 29 heavy (non-hydrogen) atoms. The van der Waals surface area contributed by atoms with Gasteiger partial charge in [0.05, 0.1) is 0 Å². The second-order valence-corrected chi connectivity index (χ2v) is 8.64. The predicted octanol–water partition coefficient (Wildman–Crippen LogP) is 3.09. The first kappa shape index (κ1) is 22.2. The van der Waals surface area contributed by atoms with Gasteiger partial charge in [0.1, 0.15) is 30.8 Å². The molecule has 2 bridgehead atoms. The zero-order valence-electron chi connectivity index (χ0n) is 17.2. The molecule has 0 aromatic heterocycles. The molecule has 3 saturated heterocycles. The number of halogens is 1. The van der Waals surface area contributed by atoms with Crippen molar-refractivity contribution >= 4 is 28.9 Å². The van der Waals surface area contributed by atoms with E-state index in [0.717, 1.165) is 18.4 Å². The number of hydrogen-bond donors (Lipinski definition) is 0. The summed E-state index contributed by atoms with van der Waals surface area (Å²) in [6.07, 6.45) is 2.45. The Bertz CT molecular complexity index is 709. The predicted molar refractivity (Wildman–Crippen MR) is 113 cm³/mol. The standard InChI is InChI=1S/C22H29NO5.BrH/c1-13(2)9-19(24)26-12-16(14-7-5-4-6-8-14)22(25)27-15-10-17-20-21(28-20)18(11-15)23(17)3;/h4-8,13,15-18,20-21H,9-12H2,1-3H3;1H/t15-,16-,17-,18+,20-,21+;/m1./s1. The normalized spacial score (nSPS) is 30.8. The number of esters is 2. The molecular weight excluding hydrogens is 438 g/mol. The number of hydrogen-bond acceptors (Lipinski definition) is 6. The number of carbonyl (C=O) groups excluding carboxylic acids is 2. The molecule has 0 aliphatic carbocycles. The number of benzene rings is 1. The van der Waals surface area contributed by atoms with Crippen molar-refractivity contribution < 1.29 is 23.8 Å². The zero-order chi connectivity index (χ0) is 19.8. The van der Waals surface area contributed by atoms with Crippen molar-refractivity contribution in [2.45, 2.75) is 69.4 Å². The molecule has 0 unspecified atom stereocenters. The highest BCUT2D eigenvalue weighted by atomic mass is 79.9. The van der Waals surface area contributed by atoms with Gasteiger partial charge in [-0.2, -0.15) is 0 Å². The van der Waals surface area contributed by atoms with Crippen LogP contribution in [0.2, 0.25) is 0 Å². The summed E-state index contributed by atoms with van der Waals surface area (Å²) in [4.78, 5) is 27.3. The Morgan fingerprint density at radius 1 is 1.14 bits per heavy atom. The molecule has 7 heteroatoms. The molecule has 3 heterocycles. The average Bonchev–Trinajstić information content (AvgIpc) is 3.40. The first-order valence-electron chi connectivity index (χ1n) is 10.2. The topological polar surface area (TPSA) is 68.4 Å². The van der Waals surface area contributed by atoms with Crippen molar-refractivity contribution in [3.05, 3.63) is 35.9 Å². The molecular formula is C22H30BrNO5. The second kappa shape index (κ2) is 9.14. The average molecular weight is 468 g/mol. The minimum Gasteiger partial charge on any atom is -0.464 e. The SMILES string of the molecule is Br.CC(C)CC(=O)OC[C@@H](C(=O)O[C@@H]1C[C@@H]2[C@H]3O[C@H]3[C@H](C1)N2C)c1ccccc1. The summed E-state index contributed by atoms with van der Waals surface area (Å²) in [6, 6.07) is 10.1. The number of likely N-dealkylation sites (N-methyl/N-ethyl adjacent to an activating group) is 1. The van der Waals surface area contributed by atoms with Crippen LogP contribution in [0.4, 0.5) is 0 Å². The lowest BCUT2D eigenvalue weighted by atomic mass is 9.97. The van der Waals surface area contributed by atoms with Gasteiger partial charge in [0.2, 0.25) is 0 Å². The van der Waals surface area contributed by atoms with Gasteiger partial charge >= 0.3 is 11.9 Å². The number of morpholine rings is 1. The quantitative estimate of drug-likeness (QED) is 0.453. The Hall–Kier alpha value is -1.44. The van der Waals surface area contributed by atoms with E-state index < -0.39 is 5.92 Å². The summed E-state index contributed by atoms with van der Waals surface area (Å²) in [7, 11) is 2.13. The van der Waals surface area contributed by atoms with E-state index in [4.69, 9.17) is 14.2 Å². The molecule has 0 amide bonds. The van der Waals surface area contributed by atoms with E-state index in [0.29, 0.717) is 30.7 Å². The minimum atomic E-state index is -0.597. The van der Waals surface area contributed by atoms with Gasteiger partial charge in [-0.05, 0) is 18.5 Å². The van der Waals surface area contributed by atoms with E-state index in [-0.39, 0.29) is 47.5 Å². The second-order valence-electron chi connectivity index (χ2n) is 8.64. The molecule has 1 aromatic rings. The summed E-state index contributed by atoms with van der Waals surface area (Å²) in [5, 5.41) is 0. The fourth-order valence-corrected chi connectivity index (χ4v) is 4.60. The van der Waals surface area contributed by atoms with Gasteiger partial charge in [-0.15, -0.1) is 17.0 Å². The largest absolute Gasteiger partial charge is 0.464 e. The molecule has 3 aliphatic heterocycles. The smallest absolute Gasteiger partial charge is 0.317 e. The first-order chi connectivity index (χ1) is 13.4. The molecule has 0 saturated carbocycles. The molecule has 6 nitrogen and oxygen atoms in total. The van der Waals surface area contributed by atoms with E-state index >= 15 is 0 Å². The lowest BCUT2D eigenvalue weighted by Crippen LogP contribution is -2.48. The highest BCUT2D eigenvalue weighted by Crippen LogP contribution is 2.48. The van der Waals surface area contributed by atoms with Crippen molar-refractivity contribution in [2.75, 3.05) is 13.7 Å². The lowest BCUT2D eigenvalue weighted by molar-refractivity contribution is -0.159. The van der Waals surface area contributed by atoms with Crippen LogP contribution in [0.25, 0.3) is 0 Å². The van der Waals surface area contributed by atoms with E-state index in [1.165, 1.54) is 0 Å². The molecule has 0 N–H and O–H groups in total. The minimum absolute atomic E-state index is 0. The van der Waals surface area contributed by atoms with E-state index in [9.17, 15) is 9.59 Å². The highest BCUT2D eigenvalue weighted by Gasteiger charge is 2.62. The number of nitrogens with zero attached hydrogens (tertiary/aromatic N) is 1. The van der Waals surface area contributed by atoms with Gasteiger partial charge in [0, 0.05) is 31.3 Å². The summed E-state index contributed by atoms with van der Waals surface area (Å²) < 4.78 is 17.0. The lowest BCUT2D eigenvalue weighted by Gasteiger charge is -2.38. The van der Waals surface area contributed by atoms with E-state index in [1.54, 1.807) is 0 Å².